The van der Waals surface area contributed by atoms with Gasteiger partial charge in [0.1, 0.15) is 17.4 Å². The van der Waals surface area contributed by atoms with Gasteiger partial charge < -0.3 is 20.3 Å². The number of amides is 1. The van der Waals surface area contributed by atoms with Crippen molar-refractivity contribution >= 4 is 23.4 Å². The number of ether oxygens (including phenoxy) is 1. The SMILES string of the molecule is COc1ccccc1Nc1ccnc(N2CCCC(C(=O)NCc3ccc(F)cc3)C2)n1. The third-order valence-corrected chi connectivity index (χ3v) is 5.47. The monoisotopic (exact) mass is 435 g/mol. The maximum atomic E-state index is 13.1. The molecule has 2 heterocycles. The van der Waals surface area contributed by atoms with E-state index in [1.165, 1.54) is 12.1 Å². The van der Waals surface area contributed by atoms with Crippen LogP contribution in [0.2, 0.25) is 0 Å². The Morgan fingerprint density at radius 3 is 2.81 bits per heavy atom. The molecule has 1 aliphatic heterocycles. The summed E-state index contributed by atoms with van der Waals surface area (Å²) in [4.78, 5) is 23.8. The summed E-state index contributed by atoms with van der Waals surface area (Å²) < 4.78 is 18.4. The lowest BCUT2D eigenvalue weighted by atomic mass is 9.97. The summed E-state index contributed by atoms with van der Waals surface area (Å²) in [5, 5.41) is 6.23. The van der Waals surface area contributed by atoms with Crippen LogP contribution in [0.25, 0.3) is 0 Å². The van der Waals surface area contributed by atoms with Crippen molar-refractivity contribution in [3.05, 3.63) is 72.2 Å². The van der Waals surface area contributed by atoms with Crippen LogP contribution in [-0.4, -0.2) is 36.1 Å². The minimum Gasteiger partial charge on any atom is -0.495 e. The van der Waals surface area contributed by atoms with Crippen molar-refractivity contribution in [1.29, 1.82) is 0 Å². The van der Waals surface area contributed by atoms with E-state index in [1.54, 1.807) is 31.5 Å². The molecule has 8 heteroatoms. The topological polar surface area (TPSA) is 79.4 Å². The fraction of sp³-hybridized carbons (Fsp3) is 0.292. The first-order chi connectivity index (χ1) is 15.6. The lowest BCUT2D eigenvalue weighted by Gasteiger charge is -2.32. The van der Waals surface area contributed by atoms with Gasteiger partial charge in [-0.3, -0.25) is 4.79 Å². The maximum Gasteiger partial charge on any atom is 0.227 e. The highest BCUT2D eigenvalue weighted by atomic mass is 19.1. The van der Waals surface area contributed by atoms with Crippen LogP contribution in [0.5, 0.6) is 5.75 Å². The standard InChI is InChI=1S/C24H26FN5O2/c1-32-21-7-3-2-6-20(21)28-22-12-13-26-24(29-22)30-14-4-5-18(16-30)23(31)27-15-17-8-10-19(25)11-9-17/h2-3,6-13,18H,4-5,14-16H2,1H3,(H,27,31)(H,26,28,29). The number of anilines is 3. The number of para-hydroxylation sites is 2. The molecule has 1 saturated heterocycles. The lowest BCUT2D eigenvalue weighted by molar-refractivity contribution is -0.125. The van der Waals surface area contributed by atoms with Crippen LogP contribution in [0.15, 0.2) is 60.8 Å². The first-order valence-electron chi connectivity index (χ1n) is 10.6. The van der Waals surface area contributed by atoms with Crippen molar-refractivity contribution in [3.8, 4) is 5.75 Å². The zero-order valence-electron chi connectivity index (χ0n) is 17.9. The molecule has 2 aromatic carbocycles. The van der Waals surface area contributed by atoms with Crippen LogP contribution in [0.1, 0.15) is 18.4 Å². The van der Waals surface area contributed by atoms with E-state index in [1.807, 2.05) is 29.2 Å². The Kier molecular flexibility index (Phi) is 6.79. The van der Waals surface area contributed by atoms with Gasteiger partial charge in [-0.2, -0.15) is 4.98 Å². The molecule has 0 radical (unpaired) electrons. The van der Waals surface area contributed by atoms with Gasteiger partial charge in [0.15, 0.2) is 0 Å². The maximum absolute atomic E-state index is 13.1. The second kappa shape index (κ2) is 10.1. The van der Waals surface area contributed by atoms with E-state index in [0.29, 0.717) is 24.9 Å². The minimum absolute atomic E-state index is 0.0117. The highest BCUT2D eigenvalue weighted by molar-refractivity contribution is 5.79. The number of nitrogens with zero attached hydrogens (tertiary/aromatic N) is 3. The quantitative estimate of drug-likeness (QED) is 0.586. The summed E-state index contributed by atoms with van der Waals surface area (Å²) in [5.41, 5.74) is 1.68. The molecule has 1 aliphatic rings. The fourth-order valence-electron chi connectivity index (χ4n) is 3.76. The van der Waals surface area contributed by atoms with Crippen molar-refractivity contribution in [2.75, 3.05) is 30.4 Å². The summed E-state index contributed by atoms with van der Waals surface area (Å²) in [7, 11) is 1.63. The molecule has 166 valence electrons. The number of methoxy groups -OCH3 is 1. The Hall–Kier alpha value is -3.68. The van der Waals surface area contributed by atoms with Crippen molar-refractivity contribution in [1.82, 2.24) is 15.3 Å². The first-order valence-corrected chi connectivity index (χ1v) is 10.6. The average Bonchev–Trinajstić information content (AvgIpc) is 2.84. The number of carbonyl (C=O) groups excluding carboxylic acids is 1. The van der Waals surface area contributed by atoms with Gasteiger partial charge in [-0.1, -0.05) is 24.3 Å². The smallest absolute Gasteiger partial charge is 0.227 e. The Balaban J connectivity index is 1.39. The van der Waals surface area contributed by atoms with Gasteiger partial charge in [-0.25, -0.2) is 9.37 Å². The molecule has 1 aromatic heterocycles. The molecule has 1 fully saturated rings. The molecule has 1 unspecified atom stereocenters. The highest BCUT2D eigenvalue weighted by Gasteiger charge is 2.27. The first kappa shape index (κ1) is 21.5. The fourth-order valence-corrected chi connectivity index (χ4v) is 3.76. The Labute approximate surface area is 186 Å². The highest BCUT2D eigenvalue weighted by Crippen LogP contribution is 2.27. The molecule has 1 atom stereocenters. The van der Waals surface area contributed by atoms with E-state index in [4.69, 9.17) is 4.74 Å². The van der Waals surface area contributed by atoms with Gasteiger partial charge >= 0.3 is 0 Å². The molecule has 32 heavy (non-hydrogen) atoms. The predicted octanol–water partition coefficient (Wildman–Crippen LogP) is 3.90. The molecule has 3 aromatic rings. The number of hydrogen-bond donors (Lipinski definition) is 2. The summed E-state index contributed by atoms with van der Waals surface area (Å²) >= 11 is 0. The van der Waals surface area contributed by atoms with Crippen LogP contribution < -0.4 is 20.3 Å². The van der Waals surface area contributed by atoms with Crippen molar-refractivity contribution in [2.45, 2.75) is 19.4 Å². The molecule has 0 bridgehead atoms. The van der Waals surface area contributed by atoms with E-state index in [-0.39, 0.29) is 17.6 Å². The van der Waals surface area contributed by atoms with Crippen LogP contribution in [0.4, 0.5) is 21.8 Å². The summed E-state index contributed by atoms with van der Waals surface area (Å²) in [6.45, 7) is 1.72. The molecular formula is C24H26FN5O2. The van der Waals surface area contributed by atoms with Gasteiger partial charge in [-0.15, -0.1) is 0 Å². The Morgan fingerprint density at radius 1 is 1.19 bits per heavy atom. The number of piperidine rings is 1. The van der Waals surface area contributed by atoms with E-state index in [2.05, 4.69) is 20.6 Å². The third kappa shape index (κ3) is 5.32. The van der Waals surface area contributed by atoms with Gasteiger partial charge in [0.05, 0.1) is 18.7 Å². The largest absolute Gasteiger partial charge is 0.495 e. The van der Waals surface area contributed by atoms with Crippen molar-refractivity contribution in [3.63, 3.8) is 0 Å². The zero-order valence-corrected chi connectivity index (χ0v) is 17.9. The molecule has 7 nitrogen and oxygen atoms in total. The third-order valence-electron chi connectivity index (χ3n) is 5.47. The zero-order chi connectivity index (χ0) is 22.3. The van der Waals surface area contributed by atoms with Crippen LogP contribution in [0, 0.1) is 11.7 Å². The minimum atomic E-state index is -0.287. The second-order valence-corrected chi connectivity index (χ2v) is 7.70. The molecule has 0 spiro atoms. The molecule has 1 amide bonds. The summed E-state index contributed by atoms with van der Waals surface area (Å²) in [6, 6.07) is 15.6. The van der Waals surface area contributed by atoms with Crippen molar-refractivity contribution < 1.29 is 13.9 Å². The van der Waals surface area contributed by atoms with Gasteiger partial charge in [0, 0.05) is 25.8 Å². The Morgan fingerprint density at radius 2 is 2.00 bits per heavy atom. The average molecular weight is 436 g/mol. The van der Waals surface area contributed by atoms with Gasteiger partial charge in [0.2, 0.25) is 11.9 Å². The van der Waals surface area contributed by atoms with E-state index >= 15 is 0 Å². The Bertz CT molecular complexity index is 1060. The van der Waals surface area contributed by atoms with Gasteiger partial charge in [-0.05, 0) is 48.7 Å². The predicted molar refractivity (Wildman–Crippen MR) is 121 cm³/mol. The lowest BCUT2D eigenvalue weighted by Crippen LogP contribution is -2.43. The number of nitrogens with one attached hydrogen (secondary N) is 2. The summed E-state index contributed by atoms with van der Waals surface area (Å²) in [5.74, 6) is 1.51. The van der Waals surface area contributed by atoms with Gasteiger partial charge in [0.25, 0.3) is 0 Å². The normalized spacial score (nSPS) is 15.8. The molecule has 0 aliphatic carbocycles. The van der Waals surface area contributed by atoms with E-state index in [0.717, 1.165) is 36.4 Å². The number of aromatic nitrogens is 2. The van der Waals surface area contributed by atoms with E-state index < -0.39 is 0 Å². The molecule has 4 rings (SSSR count). The number of halogens is 1. The second-order valence-electron chi connectivity index (χ2n) is 7.70. The van der Waals surface area contributed by atoms with Crippen LogP contribution in [0.3, 0.4) is 0 Å². The number of benzene rings is 2. The van der Waals surface area contributed by atoms with Crippen LogP contribution >= 0.6 is 0 Å². The van der Waals surface area contributed by atoms with E-state index in [9.17, 15) is 9.18 Å². The number of rotatable bonds is 7. The van der Waals surface area contributed by atoms with Crippen molar-refractivity contribution in [2.24, 2.45) is 5.92 Å². The summed E-state index contributed by atoms with van der Waals surface area (Å²) in [6.07, 6.45) is 3.39. The number of carbonyl (C=O) groups is 1. The number of hydrogen-bond acceptors (Lipinski definition) is 6. The molecule has 0 saturated carbocycles. The molecule has 2 N–H and O–H groups in total. The molecular weight excluding hydrogens is 409 g/mol. The van der Waals surface area contributed by atoms with Crippen LogP contribution in [-0.2, 0) is 11.3 Å².